The van der Waals surface area contributed by atoms with Gasteiger partial charge in [-0.1, -0.05) is 32.6 Å². The minimum atomic E-state index is -3.39. The van der Waals surface area contributed by atoms with E-state index in [0.29, 0.717) is 6.54 Å². The van der Waals surface area contributed by atoms with Gasteiger partial charge in [-0.15, -0.1) is 0 Å². The smallest absolute Gasteiger partial charge is 0.211 e. The highest BCUT2D eigenvalue weighted by Crippen LogP contribution is 2.05. The number of hydrogen-bond donors (Lipinski definition) is 1. The van der Waals surface area contributed by atoms with Crippen molar-refractivity contribution in [2.24, 2.45) is 0 Å². The maximum absolute atomic E-state index is 11.5. The highest BCUT2D eigenvalue weighted by atomic mass is 32.2. The van der Waals surface area contributed by atoms with Crippen molar-refractivity contribution in [3.63, 3.8) is 0 Å². The third-order valence-corrected chi connectivity index (χ3v) is 3.12. The quantitative estimate of drug-likeness (QED) is 0.525. The second-order valence-electron chi connectivity index (χ2n) is 2.76. The first-order valence-corrected chi connectivity index (χ1v) is 6.01. The Morgan fingerprint density at radius 1 is 1.50 bits per heavy atom. The van der Waals surface area contributed by atoms with E-state index >= 15 is 0 Å². The molecule has 0 amide bonds. The molecule has 4 heteroatoms. The van der Waals surface area contributed by atoms with Crippen molar-refractivity contribution in [2.45, 2.75) is 19.8 Å². The molecule has 14 heavy (non-hydrogen) atoms. The molecule has 0 radical (unpaired) electrons. The number of hydrogen-bond acceptors (Lipinski definition) is 2. The SMILES string of the molecule is C=C/C=C(\C=C)S(=O)(=O)NCCCC.[HH]. The lowest BCUT2D eigenvalue weighted by molar-refractivity contribution is 0.585. The van der Waals surface area contributed by atoms with Gasteiger partial charge in [0.15, 0.2) is 0 Å². The minimum absolute atomic E-state index is 0. The zero-order chi connectivity index (χ0) is 11.0. The molecule has 0 aromatic heterocycles. The molecule has 0 saturated carbocycles. The van der Waals surface area contributed by atoms with Crippen LogP contribution in [-0.4, -0.2) is 15.0 Å². The van der Waals surface area contributed by atoms with Gasteiger partial charge in [-0.3, -0.25) is 0 Å². The van der Waals surface area contributed by atoms with E-state index in [4.69, 9.17) is 0 Å². The molecule has 82 valence electrons. The Morgan fingerprint density at radius 2 is 2.14 bits per heavy atom. The Labute approximate surface area is 87.8 Å². The van der Waals surface area contributed by atoms with Gasteiger partial charge >= 0.3 is 0 Å². The Bertz CT molecular complexity index is 320. The van der Waals surface area contributed by atoms with Crippen molar-refractivity contribution in [3.8, 4) is 0 Å². The van der Waals surface area contributed by atoms with Gasteiger partial charge in [0.1, 0.15) is 0 Å². The fraction of sp³-hybridized carbons (Fsp3) is 0.400. The summed E-state index contributed by atoms with van der Waals surface area (Å²) in [5.41, 5.74) is 0. The van der Waals surface area contributed by atoms with E-state index in [0.717, 1.165) is 12.8 Å². The molecular weight excluding hydrogens is 198 g/mol. The molecule has 0 rings (SSSR count). The molecular formula is C10H19NO2S. The predicted octanol–water partition coefficient (Wildman–Crippen LogP) is 2.21. The van der Waals surface area contributed by atoms with Crippen molar-refractivity contribution in [1.82, 2.24) is 4.72 Å². The molecule has 0 bridgehead atoms. The largest absolute Gasteiger partial charge is 0.240 e. The van der Waals surface area contributed by atoms with Crippen LogP contribution in [0.4, 0.5) is 0 Å². The maximum Gasteiger partial charge on any atom is 0.240 e. The molecule has 0 aliphatic carbocycles. The molecule has 0 saturated heterocycles. The van der Waals surface area contributed by atoms with Gasteiger partial charge < -0.3 is 0 Å². The van der Waals surface area contributed by atoms with Crippen LogP contribution in [0.5, 0.6) is 0 Å². The lowest BCUT2D eigenvalue weighted by Gasteiger charge is -2.05. The molecule has 0 aliphatic heterocycles. The average molecular weight is 217 g/mol. The maximum atomic E-state index is 11.5. The first-order chi connectivity index (χ1) is 6.58. The van der Waals surface area contributed by atoms with Crippen molar-refractivity contribution in [3.05, 3.63) is 36.3 Å². The van der Waals surface area contributed by atoms with E-state index in [1.807, 2.05) is 6.92 Å². The summed E-state index contributed by atoms with van der Waals surface area (Å²) in [5.74, 6) is 0. The lowest BCUT2D eigenvalue weighted by atomic mass is 10.3. The normalized spacial score (nSPS) is 12.5. The van der Waals surface area contributed by atoms with Crippen LogP contribution in [0.1, 0.15) is 21.2 Å². The van der Waals surface area contributed by atoms with Crippen LogP contribution in [0.25, 0.3) is 0 Å². The summed E-state index contributed by atoms with van der Waals surface area (Å²) in [6.45, 7) is 9.34. The van der Waals surface area contributed by atoms with Gasteiger partial charge in [-0.2, -0.15) is 0 Å². The Kier molecular flexibility index (Phi) is 6.16. The van der Waals surface area contributed by atoms with Crippen LogP contribution in [-0.2, 0) is 10.0 Å². The Hall–Kier alpha value is -0.870. The molecule has 0 atom stereocenters. The summed E-state index contributed by atoms with van der Waals surface area (Å²) < 4.78 is 25.5. The number of sulfonamides is 1. The number of rotatable bonds is 7. The summed E-state index contributed by atoms with van der Waals surface area (Å²) in [6.07, 6.45) is 5.93. The molecule has 0 heterocycles. The third kappa shape index (κ3) is 4.39. The summed E-state index contributed by atoms with van der Waals surface area (Å²) >= 11 is 0. The predicted molar refractivity (Wildman–Crippen MR) is 62.4 cm³/mol. The van der Waals surface area contributed by atoms with Gasteiger partial charge in [0.2, 0.25) is 10.0 Å². The van der Waals surface area contributed by atoms with Gasteiger partial charge in [0, 0.05) is 7.97 Å². The van der Waals surface area contributed by atoms with E-state index < -0.39 is 10.0 Å². The number of allylic oxidation sites excluding steroid dienone is 3. The number of unbranched alkanes of at least 4 members (excludes halogenated alkanes) is 1. The highest BCUT2D eigenvalue weighted by Gasteiger charge is 2.12. The van der Waals surface area contributed by atoms with Gasteiger partial charge in [0.25, 0.3) is 0 Å². The average Bonchev–Trinajstić information content (AvgIpc) is 2.14. The van der Waals surface area contributed by atoms with Crippen molar-refractivity contribution in [2.75, 3.05) is 6.54 Å². The summed E-state index contributed by atoms with van der Waals surface area (Å²) in [6, 6.07) is 0. The standard InChI is InChI=1S/C10H17NO2S.H2/c1-4-7-9-11-14(12,13)10(6-3)8-5-2;/h5-6,8,11H,2-4,7,9H2,1H3;1H/b10-8+;. The first-order valence-electron chi connectivity index (χ1n) is 4.53. The van der Waals surface area contributed by atoms with Crippen LogP contribution >= 0.6 is 0 Å². The van der Waals surface area contributed by atoms with Gasteiger partial charge in [-0.25, -0.2) is 13.1 Å². The van der Waals surface area contributed by atoms with Crippen LogP contribution in [0.3, 0.4) is 0 Å². The van der Waals surface area contributed by atoms with Crippen LogP contribution in [0, 0.1) is 0 Å². The minimum Gasteiger partial charge on any atom is -0.211 e. The third-order valence-electron chi connectivity index (χ3n) is 1.62. The van der Waals surface area contributed by atoms with E-state index in [-0.39, 0.29) is 6.33 Å². The van der Waals surface area contributed by atoms with Gasteiger partial charge in [-0.05, 0) is 18.6 Å². The van der Waals surface area contributed by atoms with Crippen molar-refractivity contribution in [1.29, 1.82) is 0 Å². The fourth-order valence-electron chi connectivity index (χ4n) is 0.850. The Morgan fingerprint density at radius 3 is 2.57 bits per heavy atom. The summed E-state index contributed by atoms with van der Waals surface area (Å²) in [7, 11) is -3.39. The first kappa shape index (κ1) is 13.1. The molecule has 0 unspecified atom stereocenters. The van der Waals surface area contributed by atoms with Crippen LogP contribution in [0.2, 0.25) is 0 Å². The monoisotopic (exact) mass is 217 g/mol. The van der Waals surface area contributed by atoms with E-state index in [1.165, 1.54) is 18.2 Å². The van der Waals surface area contributed by atoms with Gasteiger partial charge in [0.05, 0.1) is 4.91 Å². The molecule has 1 N–H and O–H groups in total. The van der Waals surface area contributed by atoms with E-state index in [9.17, 15) is 8.42 Å². The van der Waals surface area contributed by atoms with Crippen molar-refractivity contribution < 1.29 is 9.84 Å². The molecule has 0 aromatic rings. The summed E-state index contributed by atoms with van der Waals surface area (Å²) in [5, 5.41) is 0. The lowest BCUT2D eigenvalue weighted by Crippen LogP contribution is -2.25. The molecule has 3 nitrogen and oxygen atoms in total. The van der Waals surface area contributed by atoms with E-state index in [2.05, 4.69) is 17.9 Å². The second kappa shape index (κ2) is 6.56. The fourth-order valence-corrected chi connectivity index (χ4v) is 1.92. The molecule has 0 aliphatic rings. The van der Waals surface area contributed by atoms with Crippen LogP contribution in [0.15, 0.2) is 36.3 Å². The Balaban J connectivity index is 0. The second-order valence-corrected chi connectivity index (χ2v) is 4.53. The molecule has 0 fully saturated rings. The molecule has 0 spiro atoms. The van der Waals surface area contributed by atoms with Crippen LogP contribution < -0.4 is 4.72 Å². The highest BCUT2D eigenvalue weighted by molar-refractivity contribution is 7.93. The van der Waals surface area contributed by atoms with Crippen molar-refractivity contribution >= 4 is 10.0 Å². The zero-order valence-corrected chi connectivity index (χ0v) is 9.31. The zero-order valence-electron chi connectivity index (χ0n) is 8.49. The topological polar surface area (TPSA) is 46.2 Å². The number of nitrogens with one attached hydrogen (secondary N) is 1. The van der Waals surface area contributed by atoms with E-state index in [1.54, 1.807) is 0 Å². The summed E-state index contributed by atoms with van der Waals surface area (Å²) in [4.78, 5) is 0.156. The molecule has 0 aromatic carbocycles.